The highest BCUT2D eigenvalue weighted by Gasteiger charge is 2.23. The third-order valence-electron chi connectivity index (χ3n) is 4.94. The lowest BCUT2D eigenvalue weighted by atomic mass is 10.0. The van der Waals surface area contributed by atoms with Crippen LogP contribution in [-0.4, -0.2) is 18.5 Å². The number of nitrogens with zero attached hydrogens (tertiary/aromatic N) is 1. The molecule has 0 saturated heterocycles. The fraction of sp³-hybridized carbons (Fsp3) is 0. The van der Waals surface area contributed by atoms with Gasteiger partial charge in [0.05, 0.1) is 16.1 Å². The summed E-state index contributed by atoms with van der Waals surface area (Å²) in [5, 5.41) is 11.8. The maximum Gasteiger partial charge on any atom is 0.264 e. The summed E-state index contributed by atoms with van der Waals surface area (Å²) in [6, 6.07) is 16.0. The predicted molar refractivity (Wildman–Crippen MR) is 131 cm³/mol. The number of nitrogens with one attached hydrogen (secondary N) is 1. The quantitative estimate of drug-likeness (QED) is 0.304. The van der Waals surface area contributed by atoms with Crippen molar-refractivity contribution < 1.29 is 17.9 Å². The molecule has 33 heavy (non-hydrogen) atoms. The Morgan fingerprint density at radius 3 is 2.42 bits per heavy atom. The first-order valence-corrected chi connectivity index (χ1v) is 12.1. The van der Waals surface area contributed by atoms with Gasteiger partial charge in [0.2, 0.25) is 0 Å². The summed E-state index contributed by atoms with van der Waals surface area (Å²) in [6.07, 6.45) is 4.50. The second-order valence-corrected chi connectivity index (χ2v) is 9.71. The molecule has 0 unspecified atom stereocenters. The Kier molecular flexibility index (Phi) is 6.22. The standard InChI is InChI=1S/C25H19FN2O3S2/c1-3-17-18(4-2)25(29)22(32-21-12-7-9-16-10-8-14-27-24(16)21)15-20(17)28-33(30,31)23-13-6-5-11-19(23)26/h3-15,28-29H,1-2H2. The lowest BCUT2D eigenvalue weighted by Crippen LogP contribution is -2.15. The molecule has 1 heterocycles. The molecule has 4 rings (SSSR count). The van der Waals surface area contributed by atoms with Gasteiger partial charge in [-0.3, -0.25) is 9.71 Å². The van der Waals surface area contributed by atoms with Gasteiger partial charge in [-0.1, -0.05) is 67.4 Å². The van der Waals surface area contributed by atoms with E-state index >= 15 is 0 Å². The maximum absolute atomic E-state index is 14.2. The molecule has 0 amide bonds. The SMILES string of the molecule is C=Cc1c(NS(=O)(=O)c2ccccc2F)cc(Sc2cccc3cccnc23)c(O)c1C=C. The van der Waals surface area contributed by atoms with Crippen LogP contribution in [0.3, 0.4) is 0 Å². The Labute approximate surface area is 195 Å². The number of para-hydroxylation sites is 1. The lowest BCUT2D eigenvalue weighted by molar-refractivity contribution is 0.461. The highest BCUT2D eigenvalue weighted by atomic mass is 32.2. The summed E-state index contributed by atoms with van der Waals surface area (Å²) in [5.41, 5.74) is 1.50. The summed E-state index contributed by atoms with van der Waals surface area (Å²) in [7, 11) is -4.25. The van der Waals surface area contributed by atoms with Gasteiger partial charge < -0.3 is 5.11 Å². The first-order valence-electron chi connectivity index (χ1n) is 9.79. The summed E-state index contributed by atoms with van der Waals surface area (Å²) >= 11 is 1.23. The number of fused-ring (bicyclic) bond motifs is 1. The van der Waals surface area contributed by atoms with Gasteiger partial charge in [-0.25, -0.2) is 12.8 Å². The monoisotopic (exact) mass is 478 g/mol. The largest absolute Gasteiger partial charge is 0.506 e. The van der Waals surface area contributed by atoms with Crippen LogP contribution in [0.5, 0.6) is 5.75 Å². The van der Waals surface area contributed by atoms with Crippen molar-refractivity contribution >= 4 is 50.5 Å². The summed E-state index contributed by atoms with van der Waals surface area (Å²) in [6.45, 7) is 7.47. The summed E-state index contributed by atoms with van der Waals surface area (Å²) in [4.78, 5) is 5.08. The predicted octanol–water partition coefficient (Wildman–Crippen LogP) is 6.32. The molecule has 0 bridgehead atoms. The van der Waals surface area contributed by atoms with Crippen molar-refractivity contribution in [2.45, 2.75) is 14.7 Å². The van der Waals surface area contributed by atoms with Gasteiger partial charge in [-0.15, -0.1) is 0 Å². The molecule has 0 fully saturated rings. The van der Waals surface area contributed by atoms with Crippen molar-refractivity contribution in [3.05, 3.63) is 97.0 Å². The van der Waals surface area contributed by atoms with Crippen molar-refractivity contribution in [1.82, 2.24) is 4.98 Å². The van der Waals surface area contributed by atoms with Gasteiger partial charge in [0.1, 0.15) is 16.5 Å². The topological polar surface area (TPSA) is 79.3 Å². The Morgan fingerprint density at radius 1 is 0.970 bits per heavy atom. The molecule has 0 radical (unpaired) electrons. The maximum atomic E-state index is 14.2. The Balaban J connectivity index is 1.85. The molecule has 1 aromatic heterocycles. The molecule has 0 aliphatic carbocycles. The van der Waals surface area contributed by atoms with E-state index in [2.05, 4.69) is 22.9 Å². The normalized spacial score (nSPS) is 11.3. The van der Waals surface area contributed by atoms with Crippen molar-refractivity contribution in [2.24, 2.45) is 0 Å². The lowest BCUT2D eigenvalue weighted by Gasteiger charge is -2.17. The number of aromatic nitrogens is 1. The number of benzene rings is 3. The number of pyridine rings is 1. The zero-order valence-electron chi connectivity index (χ0n) is 17.3. The number of hydrogen-bond donors (Lipinski definition) is 2. The number of sulfonamides is 1. The van der Waals surface area contributed by atoms with Crippen LogP contribution in [0.4, 0.5) is 10.1 Å². The van der Waals surface area contributed by atoms with Gasteiger partial charge in [-0.2, -0.15) is 0 Å². The number of hydrogen-bond acceptors (Lipinski definition) is 5. The van der Waals surface area contributed by atoms with Crippen LogP contribution in [0.15, 0.2) is 94.7 Å². The van der Waals surface area contributed by atoms with E-state index in [-0.39, 0.29) is 11.4 Å². The van der Waals surface area contributed by atoms with Crippen LogP contribution in [0, 0.1) is 5.82 Å². The first-order chi connectivity index (χ1) is 15.9. The molecule has 0 spiro atoms. The van der Waals surface area contributed by atoms with Gasteiger partial charge in [0.25, 0.3) is 10.0 Å². The summed E-state index contributed by atoms with van der Waals surface area (Å²) in [5.74, 6) is -0.948. The second-order valence-electron chi connectivity index (χ2n) is 6.98. The summed E-state index contributed by atoms with van der Waals surface area (Å²) < 4.78 is 42.5. The van der Waals surface area contributed by atoms with E-state index in [0.717, 1.165) is 21.9 Å². The molecule has 0 aliphatic heterocycles. The van der Waals surface area contributed by atoms with E-state index < -0.39 is 20.7 Å². The number of aromatic hydroxyl groups is 1. The molecule has 4 aromatic rings. The average Bonchev–Trinajstić information content (AvgIpc) is 2.81. The van der Waals surface area contributed by atoms with Crippen LogP contribution in [0.1, 0.15) is 11.1 Å². The van der Waals surface area contributed by atoms with E-state index in [1.54, 1.807) is 6.20 Å². The molecule has 8 heteroatoms. The third-order valence-corrected chi connectivity index (χ3v) is 7.42. The van der Waals surface area contributed by atoms with E-state index in [4.69, 9.17) is 0 Å². The molecule has 166 valence electrons. The highest BCUT2D eigenvalue weighted by Crippen LogP contribution is 2.44. The molecule has 2 N–H and O–H groups in total. The molecular weight excluding hydrogens is 459 g/mol. The fourth-order valence-electron chi connectivity index (χ4n) is 3.41. The van der Waals surface area contributed by atoms with E-state index in [9.17, 15) is 17.9 Å². The molecule has 3 aromatic carbocycles. The number of anilines is 1. The fourth-order valence-corrected chi connectivity index (χ4v) is 5.60. The number of halogens is 1. The smallest absolute Gasteiger partial charge is 0.264 e. The van der Waals surface area contributed by atoms with E-state index in [1.807, 2.05) is 30.3 Å². The average molecular weight is 479 g/mol. The molecular formula is C25H19FN2O3S2. The number of phenolic OH excluding ortho intramolecular Hbond substituents is 1. The van der Waals surface area contributed by atoms with Crippen molar-refractivity contribution in [3.63, 3.8) is 0 Å². The number of phenols is 1. The molecule has 5 nitrogen and oxygen atoms in total. The number of rotatable bonds is 7. The minimum Gasteiger partial charge on any atom is -0.506 e. The minimum absolute atomic E-state index is 0.0772. The Morgan fingerprint density at radius 2 is 1.70 bits per heavy atom. The van der Waals surface area contributed by atoms with Crippen LogP contribution in [0.25, 0.3) is 23.1 Å². The molecule has 0 saturated carbocycles. The van der Waals surface area contributed by atoms with Crippen LogP contribution in [-0.2, 0) is 10.0 Å². The van der Waals surface area contributed by atoms with Crippen molar-refractivity contribution in [2.75, 3.05) is 4.72 Å². The van der Waals surface area contributed by atoms with Crippen LogP contribution in [0.2, 0.25) is 0 Å². The molecule has 0 atom stereocenters. The van der Waals surface area contributed by atoms with E-state index in [0.29, 0.717) is 16.0 Å². The van der Waals surface area contributed by atoms with E-state index in [1.165, 1.54) is 48.2 Å². The molecule has 0 aliphatic rings. The van der Waals surface area contributed by atoms with Gasteiger partial charge in [0.15, 0.2) is 0 Å². The Bertz CT molecular complexity index is 1500. The van der Waals surface area contributed by atoms with Gasteiger partial charge in [-0.05, 0) is 30.3 Å². The zero-order chi connectivity index (χ0) is 23.6. The van der Waals surface area contributed by atoms with Gasteiger partial charge in [0, 0.05) is 27.6 Å². The first kappa shape index (κ1) is 22.6. The van der Waals surface area contributed by atoms with Crippen LogP contribution >= 0.6 is 11.8 Å². The zero-order valence-corrected chi connectivity index (χ0v) is 19.0. The van der Waals surface area contributed by atoms with Crippen molar-refractivity contribution in [1.29, 1.82) is 0 Å². The van der Waals surface area contributed by atoms with Gasteiger partial charge >= 0.3 is 0 Å². The highest BCUT2D eigenvalue weighted by molar-refractivity contribution is 7.99. The third kappa shape index (κ3) is 4.35. The van der Waals surface area contributed by atoms with Crippen LogP contribution < -0.4 is 4.72 Å². The minimum atomic E-state index is -4.25. The second kappa shape index (κ2) is 9.09. The Hall–Kier alpha value is -3.62. The van der Waals surface area contributed by atoms with Crippen molar-refractivity contribution in [3.8, 4) is 5.75 Å².